The van der Waals surface area contributed by atoms with E-state index in [-0.39, 0.29) is 13.1 Å². The Kier molecular flexibility index (Phi) is 6.96. The van der Waals surface area contributed by atoms with Gasteiger partial charge < -0.3 is 10.6 Å². The molecule has 2 amide bonds. The van der Waals surface area contributed by atoms with Gasteiger partial charge in [0.05, 0.1) is 6.54 Å². The average molecular weight is 338 g/mol. The van der Waals surface area contributed by atoms with E-state index < -0.39 is 18.8 Å². The molecule has 0 aromatic heterocycles. The van der Waals surface area contributed by atoms with Crippen molar-refractivity contribution >= 4 is 23.3 Å². The van der Waals surface area contributed by atoms with Crippen LogP contribution in [0.4, 0.5) is 23.7 Å². The average Bonchev–Trinajstić information content (AvgIpc) is 2.37. The van der Waals surface area contributed by atoms with E-state index in [0.717, 1.165) is 5.56 Å². The van der Waals surface area contributed by atoms with Gasteiger partial charge in [-0.2, -0.15) is 13.2 Å². The Hall–Kier alpha value is -1.47. The summed E-state index contributed by atoms with van der Waals surface area (Å²) < 4.78 is 36.4. The van der Waals surface area contributed by atoms with Gasteiger partial charge >= 0.3 is 12.2 Å². The predicted molar refractivity (Wildman–Crippen MR) is 81.4 cm³/mol. The molecule has 0 heterocycles. The molecule has 1 rings (SSSR count). The zero-order valence-corrected chi connectivity index (χ0v) is 13.2. The molecular weight excluding hydrogens is 319 g/mol. The maximum atomic E-state index is 12.1. The molecule has 0 bridgehead atoms. The van der Waals surface area contributed by atoms with Gasteiger partial charge in [-0.15, -0.1) is 0 Å². The number of carbonyl (C=O) groups is 1. The SMILES string of the molecule is Cc1ccc(Cl)cc1NC(=O)NCCCN(C)CC(F)(F)F. The second-order valence-electron chi connectivity index (χ2n) is 5.05. The van der Waals surface area contributed by atoms with E-state index in [0.29, 0.717) is 17.1 Å². The number of nitrogens with zero attached hydrogens (tertiary/aromatic N) is 1. The summed E-state index contributed by atoms with van der Waals surface area (Å²) in [5, 5.41) is 5.75. The van der Waals surface area contributed by atoms with Crippen molar-refractivity contribution < 1.29 is 18.0 Å². The van der Waals surface area contributed by atoms with Crippen molar-refractivity contribution in [3.05, 3.63) is 28.8 Å². The number of alkyl halides is 3. The highest BCUT2D eigenvalue weighted by molar-refractivity contribution is 6.31. The summed E-state index contributed by atoms with van der Waals surface area (Å²) in [6.45, 7) is 1.41. The molecule has 0 aliphatic rings. The third-order valence-electron chi connectivity index (χ3n) is 2.90. The van der Waals surface area contributed by atoms with Gasteiger partial charge in [0.25, 0.3) is 0 Å². The third-order valence-corrected chi connectivity index (χ3v) is 3.13. The van der Waals surface area contributed by atoms with Gasteiger partial charge in [-0.05, 0) is 44.6 Å². The lowest BCUT2D eigenvalue weighted by atomic mass is 10.2. The maximum absolute atomic E-state index is 12.1. The zero-order valence-electron chi connectivity index (χ0n) is 12.4. The van der Waals surface area contributed by atoms with Crippen LogP contribution in [0.15, 0.2) is 18.2 Å². The maximum Gasteiger partial charge on any atom is 0.401 e. The van der Waals surface area contributed by atoms with Gasteiger partial charge in [0.15, 0.2) is 0 Å². The lowest BCUT2D eigenvalue weighted by molar-refractivity contribution is -0.143. The van der Waals surface area contributed by atoms with E-state index in [1.54, 1.807) is 18.2 Å². The van der Waals surface area contributed by atoms with Crippen LogP contribution in [0.3, 0.4) is 0 Å². The molecule has 1 aromatic rings. The van der Waals surface area contributed by atoms with Gasteiger partial charge in [-0.1, -0.05) is 17.7 Å². The summed E-state index contributed by atoms with van der Waals surface area (Å²) in [4.78, 5) is 12.9. The first-order valence-corrected chi connectivity index (χ1v) is 7.11. The summed E-state index contributed by atoms with van der Waals surface area (Å²) in [7, 11) is 1.39. The molecule has 0 spiro atoms. The van der Waals surface area contributed by atoms with Crippen LogP contribution in [0.5, 0.6) is 0 Å². The van der Waals surface area contributed by atoms with Gasteiger partial charge in [-0.25, -0.2) is 4.79 Å². The first-order chi connectivity index (χ1) is 10.2. The monoisotopic (exact) mass is 337 g/mol. The molecular formula is C14H19ClF3N3O. The standard InChI is InChI=1S/C14H19ClF3N3O/c1-10-4-5-11(15)8-12(10)20-13(22)19-6-3-7-21(2)9-14(16,17)18/h4-5,8H,3,6-7,9H2,1-2H3,(H2,19,20,22). The van der Waals surface area contributed by atoms with E-state index in [9.17, 15) is 18.0 Å². The molecule has 124 valence electrons. The fourth-order valence-corrected chi connectivity index (χ4v) is 2.00. The fraction of sp³-hybridized carbons (Fsp3) is 0.500. The number of hydrogen-bond acceptors (Lipinski definition) is 2. The van der Waals surface area contributed by atoms with Crippen LogP contribution in [0, 0.1) is 6.92 Å². The van der Waals surface area contributed by atoms with E-state index in [2.05, 4.69) is 10.6 Å². The Morgan fingerprint density at radius 2 is 2.05 bits per heavy atom. The van der Waals surface area contributed by atoms with E-state index in [1.807, 2.05) is 6.92 Å². The molecule has 0 saturated carbocycles. The molecule has 0 aliphatic carbocycles. The predicted octanol–water partition coefficient (Wildman–Crippen LogP) is 3.65. The van der Waals surface area contributed by atoms with Crippen LogP contribution in [0.25, 0.3) is 0 Å². The van der Waals surface area contributed by atoms with Crippen LogP contribution in [-0.4, -0.2) is 43.8 Å². The van der Waals surface area contributed by atoms with Crippen LogP contribution >= 0.6 is 11.6 Å². The number of aryl methyl sites for hydroxylation is 1. The third kappa shape index (κ3) is 7.51. The number of urea groups is 1. The minimum absolute atomic E-state index is 0.246. The van der Waals surface area contributed by atoms with Crippen LogP contribution in [0.1, 0.15) is 12.0 Å². The highest BCUT2D eigenvalue weighted by Gasteiger charge is 2.28. The molecule has 0 radical (unpaired) electrons. The number of anilines is 1. The highest BCUT2D eigenvalue weighted by Crippen LogP contribution is 2.20. The van der Waals surface area contributed by atoms with Crippen molar-refractivity contribution in [2.24, 2.45) is 0 Å². The van der Waals surface area contributed by atoms with Crippen LogP contribution in [0.2, 0.25) is 5.02 Å². The first-order valence-electron chi connectivity index (χ1n) is 6.73. The second-order valence-corrected chi connectivity index (χ2v) is 5.48. The Morgan fingerprint density at radius 3 is 2.68 bits per heavy atom. The van der Waals surface area contributed by atoms with Gasteiger partial charge in [0, 0.05) is 17.3 Å². The minimum atomic E-state index is -4.20. The van der Waals surface area contributed by atoms with Crippen LogP contribution < -0.4 is 10.6 Å². The Bertz CT molecular complexity index is 509. The number of halogens is 4. The molecule has 1 aromatic carbocycles. The molecule has 0 saturated heterocycles. The molecule has 4 nitrogen and oxygen atoms in total. The van der Waals surface area contributed by atoms with E-state index in [1.165, 1.54) is 11.9 Å². The molecule has 0 unspecified atom stereocenters. The smallest absolute Gasteiger partial charge is 0.338 e. The number of benzene rings is 1. The first kappa shape index (κ1) is 18.6. The largest absolute Gasteiger partial charge is 0.401 e. The number of carbonyl (C=O) groups excluding carboxylic acids is 1. The van der Waals surface area contributed by atoms with Crippen molar-refractivity contribution in [2.75, 3.05) is 32.0 Å². The quantitative estimate of drug-likeness (QED) is 0.778. The topological polar surface area (TPSA) is 44.4 Å². The zero-order chi connectivity index (χ0) is 16.8. The number of nitrogens with one attached hydrogen (secondary N) is 2. The van der Waals surface area contributed by atoms with Crippen molar-refractivity contribution in [3.63, 3.8) is 0 Å². The van der Waals surface area contributed by atoms with Crippen molar-refractivity contribution in [1.29, 1.82) is 0 Å². The van der Waals surface area contributed by atoms with Gasteiger partial charge in [0.1, 0.15) is 0 Å². The van der Waals surface area contributed by atoms with E-state index in [4.69, 9.17) is 11.6 Å². The summed E-state index contributed by atoms with van der Waals surface area (Å²) >= 11 is 5.85. The Labute approximate surface area is 132 Å². The molecule has 8 heteroatoms. The van der Waals surface area contributed by atoms with Crippen molar-refractivity contribution in [2.45, 2.75) is 19.5 Å². The summed E-state index contributed by atoms with van der Waals surface area (Å²) in [5.74, 6) is 0. The lowest BCUT2D eigenvalue weighted by Crippen LogP contribution is -2.35. The molecule has 22 heavy (non-hydrogen) atoms. The summed E-state index contributed by atoms with van der Waals surface area (Å²) in [6, 6.07) is 4.72. The lowest BCUT2D eigenvalue weighted by Gasteiger charge is -2.18. The van der Waals surface area contributed by atoms with Gasteiger partial charge in [-0.3, -0.25) is 4.90 Å². The molecule has 0 fully saturated rings. The summed E-state index contributed by atoms with van der Waals surface area (Å²) in [6.07, 6.45) is -3.78. The van der Waals surface area contributed by atoms with Crippen molar-refractivity contribution in [3.8, 4) is 0 Å². The Morgan fingerprint density at radius 1 is 1.36 bits per heavy atom. The Balaban J connectivity index is 2.28. The van der Waals surface area contributed by atoms with Crippen LogP contribution in [-0.2, 0) is 0 Å². The number of rotatable bonds is 6. The molecule has 2 N–H and O–H groups in total. The molecule has 0 aliphatic heterocycles. The second kappa shape index (κ2) is 8.24. The number of amides is 2. The minimum Gasteiger partial charge on any atom is -0.338 e. The van der Waals surface area contributed by atoms with E-state index >= 15 is 0 Å². The van der Waals surface area contributed by atoms with Gasteiger partial charge in [0.2, 0.25) is 0 Å². The molecule has 0 atom stereocenters. The highest BCUT2D eigenvalue weighted by atomic mass is 35.5. The summed E-state index contributed by atoms with van der Waals surface area (Å²) in [5.41, 5.74) is 1.46. The fourth-order valence-electron chi connectivity index (χ4n) is 1.83. The number of hydrogen-bond donors (Lipinski definition) is 2. The normalized spacial score (nSPS) is 11.6. The van der Waals surface area contributed by atoms with Crippen molar-refractivity contribution in [1.82, 2.24) is 10.2 Å².